The van der Waals surface area contributed by atoms with Gasteiger partial charge in [0.05, 0.1) is 0 Å². The van der Waals surface area contributed by atoms with E-state index in [4.69, 9.17) is 0 Å². The smallest absolute Gasteiger partial charge is 0.197 e. The molecule has 0 amide bonds. The van der Waals surface area contributed by atoms with Gasteiger partial charge in [-0.05, 0) is 176 Å². The SMILES string of the molecule is Cc1cc(-c2cc3c(cc2Nc2ccc(-c4ccccc4)cc2)C(C)(C)CCC3(C)C)c2c(c1)N(c1ccc(-c3ccccc3)cc1C)c1cc3c(cc1[B]2)C(C)(C)CCC3(C)C. The highest BCUT2D eigenvalue weighted by Gasteiger charge is 2.41. The maximum absolute atomic E-state index is 4.02. The molecule has 0 atom stereocenters. The van der Waals surface area contributed by atoms with Gasteiger partial charge in [0.15, 0.2) is 7.28 Å². The zero-order chi connectivity index (χ0) is 44.1. The van der Waals surface area contributed by atoms with Crippen LogP contribution >= 0.6 is 0 Å². The molecule has 0 bridgehead atoms. The van der Waals surface area contributed by atoms with Crippen molar-refractivity contribution in [1.82, 2.24) is 0 Å². The molecule has 2 aliphatic carbocycles. The molecular weight excluding hydrogens is 759 g/mol. The number of nitrogens with zero attached hydrogens (tertiary/aromatic N) is 1. The molecule has 1 heterocycles. The Morgan fingerprint density at radius 3 is 1.54 bits per heavy atom. The van der Waals surface area contributed by atoms with Crippen molar-refractivity contribution in [2.24, 2.45) is 0 Å². The number of aryl methyl sites for hydroxylation is 2. The lowest BCUT2D eigenvalue weighted by Gasteiger charge is -2.44. The number of fused-ring (bicyclic) bond motifs is 4. The van der Waals surface area contributed by atoms with Crippen LogP contribution in [0.1, 0.15) is 114 Å². The Hall–Kier alpha value is -5.80. The summed E-state index contributed by atoms with van der Waals surface area (Å²) in [4.78, 5) is 2.60. The van der Waals surface area contributed by atoms with E-state index in [1.54, 1.807) is 0 Å². The molecule has 0 fully saturated rings. The fraction of sp³-hybridized carbons (Fsp3) is 0.300. The monoisotopic (exact) mass is 822 g/mol. The van der Waals surface area contributed by atoms with Crippen molar-refractivity contribution in [2.45, 2.75) is 117 Å². The van der Waals surface area contributed by atoms with Crippen LogP contribution in [-0.4, -0.2) is 7.28 Å². The van der Waals surface area contributed by atoms with E-state index in [1.165, 1.54) is 108 Å². The van der Waals surface area contributed by atoms with Crippen LogP contribution < -0.4 is 21.1 Å². The van der Waals surface area contributed by atoms with Gasteiger partial charge in [0.2, 0.25) is 0 Å². The first-order valence-corrected chi connectivity index (χ1v) is 23.3. The quantitative estimate of drug-likeness (QED) is 0.168. The molecule has 7 aromatic carbocycles. The van der Waals surface area contributed by atoms with Crippen LogP contribution in [0.5, 0.6) is 0 Å². The van der Waals surface area contributed by atoms with Gasteiger partial charge in [-0.25, -0.2) is 0 Å². The number of nitrogens with one attached hydrogen (secondary N) is 1. The van der Waals surface area contributed by atoms with Crippen LogP contribution in [0.3, 0.4) is 0 Å². The Morgan fingerprint density at radius 1 is 0.444 bits per heavy atom. The lowest BCUT2D eigenvalue weighted by molar-refractivity contribution is 0.332. The summed E-state index contributed by atoms with van der Waals surface area (Å²) in [6.45, 7) is 24.1. The molecule has 0 unspecified atom stereocenters. The van der Waals surface area contributed by atoms with Crippen molar-refractivity contribution in [3.05, 3.63) is 173 Å². The van der Waals surface area contributed by atoms with E-state index in [0.717, 1.165) is 24.2 Å². The Bertz CT molecular complexity index is 2900. The zero-order valence-corrected chi connectivity index (χ0v) is 39.1. The average molecular weight is 822 g/mol. The lowest BCUT2D eigenvalue weighted by atomic mass is 9.55. The summed E-state index contributed by atoms with van der Waals surface area (Å²) in [5.41, 5.74) is 24.7. The molecule has 63 heavy (non-hydrogen) atoms. The highest BCUT2D eigenvalue weighted by molar-refractivity contribution is 6.73. The molecule has 7 aromatic rings. The number of anilines is 5. The minimum atomic E-state index is 0.0523. The van der Waals surface area contributed by atoms with Crippen molar-refractivity contribution in [2.75, 3.05) is 10.2 Å². The third-order valence-corrected chi connectivity index (χ3v) is 15.2. The normalized spacial score (nSPS) is 17.4. The summed E-state index contributed by atoms with van der Waals surface area (Å²) < 4.78 is 0. The van der Waals surface area contributed by atoms with Gasteiger partial charge in [-0.15, -0.1) is 0 Å². The molecule has 1 radical (unpaired) electrons. The average Bonchev–Trinajstić information content (AvgIpc) is 3.26. The van der Waals surface area contributed by atoms with E-state index in [2.05, 4.69) is 226 Å². The third kappa shape index (κ3) is 7.22. The zero-order valence-electron chi connectivity index (χ0n) is 39.1. The van der Waals surface area contributed by atoms with E-state index in [0.29, 0.717) is 0 Å². The van der Waals surface area contributed by atoms with Gasteiger partial charge in [0, 0.05) is 34.0 Å². The number of hydrogen-bond acceptors (Lipinski definition) is 2. The Balaban J connectivity index is 1.20. The molecule has 0 saturated heterocycles. The van der Waals surface area contributed by atoms with Gasteiger partial charge < -0.3 is 10.2 Å². The van der Waals surface area contributed by atoms with E-state index >= 15 is 0 Å². The second kappa shape index (κ2) is 14.9. The highest BCUT2D eigenvalue weighted by atomic mass is 15.2. The maximum Gasteiger partial charge on any atom is 0.197 e. The highest BCUT2D eigenvalue weighted by Crippen LogP contribution is 2.52. The summed E-state index contributed by atoms with van der Waals surface area (Å²) in [7, 11) is 2.52. The van der Waals surface area contributed by atoms with Crippen LogP contribution in [0.15, 0.2) is 140 Å². The standard InChI is InChI=1S/C60H62BN2/c1-38-31-46(45-34-47-49(59(7,8)29-27-57(47,3)4)36-52(45)62-44-24-21-42(22-25-44)40-17-13-11-14-18-40)56-55(32-38)63(53-26-23-43(33-39(53)2)41-19-15-12-16-20-41)54-37-50-48(35-51(54)61-56)58(5,6)28-30-60(50,9)10/h11-26,31-37,62H,27-30H2,1-10H3. The lowest BCUT2D eigenvalue weighted by Crippen LogP contribution is -2.44. The van der Waals surface area contributed by atoms with Crippen LogP contribution in [0.2, 0.25) is 0 Å². The summed E-state index contributed by atoms with van der Waals surface area (Å²) in [5.74, 6) is 0. The molecular formula is C60H62BN2. The molecule has 1 N–H and O–H groups in total. The van der Waals surface area contributed by atoms with Crippen LogP contribution in [0, 0.1) is 13.8 Å². The molecule has 1 aliphatic heterocycles. The molecule has 10 rings (SSSR count). The predicted octanol–water partition coefficient (Wildman–Crippen LogP) is 15.2. The van der Waals surface area contributed by atoms with Crippen LogP contribution in [0.25, 0.3) is 33.4 Å². The van der Waals surface area contributed by atoms with Crippen LogP contribution in [-0.2, 0) is 21.7 Å². The molecule has 2 nitrogen and oxygen atoms in total. The Kier molecular flexibility index (Phi) is 9.75. The van der Waals surface area contributed by atoms with Crippen molar-refractivity contribution in [3.8, 4) is 33.4 Å². The number of hydrogen-bond donors (Lipinski definition) is 1. The summed E-state index contributed by atoms with van der Waals surface area (Å²) in [6.07, 6.45) is 4.68. The molecule has 3 heteroatoms. The fourth-order valence-corrected chi connectivity index (χ4v) is 11.0. The van der Waals surface area contributed by atoms with E-state index in [1.807, 2.05) is 0 Å². The molecule has 0 spiro atoms. The first kappa shape index (κ1) is 41.2. The topological polar surface area (TPSA) is 15.3 Å². The van der Waals surface area contributed by atoms with Gasteiger partial charge in [0.25, 0.3) is 0 Å². The molecule has 0 saturated carbocycles. The minimum absolute atomic E-state index is 0.0523. The van der Waals surface area contributed by atoms with E-state index in [9.17, 15) is 0 Å². The van der Waals surface area contributed by atoms with Gasteiger partial charge in [-0.1, -0.05) is 152 Å². The molecule has 315 valence electrons. The summed E-state index contributed by atoms with van der Waals surface area (Å²) >= 11 is 0. The number of rotatable bonds is 6. The maximum atomic E-state index is 4.02. The second-order valence-electron chi connectivity index (χ2n) is 21.6. The largest absolute Gasteiger partial charge is 0.355 e. The van der Waals surface area contributed by atoms with Gasteiger partial charge in [-0.2, -0.15) is 0 Å². The number of benzene rings is 7. The van der Waals surface area contributed by atoms with Crippen molar-refractivity contribution in [3.63, 3.8) is 0 Å². The Morgan fingerprint density at radius 2 is 0.952 bits per heavy atom. The van der Waals surface area contributed by atoms with Crippen molar-refractivity contribution < 1.29 is 0 Å². The molecule has 0 aromatic heterocycles. The minimum Gasteiger partial charge on any atom is -0.355 e. The van der Waals surface area contributed by atoms with Crippen molar-refractivity contribution >= 4 is 46.6 Å². The van der Waals surface area contributed by atoms with Gasteiger partial charge in [0.1, 0.15) is 0 Å². The van der Waals surface area contributed by atoms with E-state index < -0.39 is 0 Å². The first-order valence-electron chi connectivity index (χ1n) is 23.3. The van der Waals surface area contributed by atoms with E-state index in [-0.39, 0.29) is 21.7 Å². The predicted molar refractivity (Wildman–Crippen MR) is 272 cm³/mol. The summed E-state index contributed by atoms with van der Waals surface area (Å²) in [6, 6.07) is 52.6. The van der Waals surface area contributed by atoms with Crippen molar-refractivity contribution in [1.29, 1.82) is 0 Å². The van der Waals surface area contributed by atoms with Gasteiger partial charge >= 0.3 is 0 Å². The fourth-order valence-electron chi connectivity index (χ4n) is 11.0. The second-order valence-corrected chi connectivity index (χ2v) is 21.6. The van der Waals surface area contributed by atoms with Gasteiger partial charge in [-0.3, -0.25) is 0 Å². The Labute approximate surface area is 378 Å². The molecule has 3 aliphatic rings. The van der Waals surface area contributed by atoms with Crippen LogP contribution in [0.4, 0.5) is 28.4 Å². The first-order chi connectivity index (χ1) is 30.0. The summed E-state index contributed by atoms with van der Waals surface area (Å²) in [5, 5.41) is 4.02. The third-order valence-electron chi connectivity index (χ3n) is 15.2.